The van der Waals surface area contributed by atoms with E-state index in [1.165, 1.54) is 5.56 Å². The van der Waals surface area contributed by atoms with Crippen LogP contribution in [0.15, 0.2) is 70.6 Å². The van der Waals surface area contributed by atoms with Crippen molar-refractivity contribution >= 4 is 17.2 Å². The molecule has 1 fully saturated rings. The number of phenols is 1. The molecule has 7 nitrogen and oxygen atoms in total. The summed E-state index contributed by atoms with van der Waals surface area (Å²) < 4.78 is 5.40. The molecule has 33 heavy (non-hydrogen) atoms. The number of piperazine rings is 1. The highest BCUT2D eigenvalue weighted by atomic mass is 32.1. The van der Waals surface area contributed by atoms with E-state index in [1.54, 1.807) is 22.3 Å². The fourth-order valence-electron chi connectivity index (χ4n) is 3.99. The third-order valence-electron chi connectivity index (χ3n) is 5.77. The largest absolute Gasteiger partial charge is 0.507 e. The average molecular weight is 461 g/mol. The molecule has 4 aromatic rings. The first-order valence-electron chi connectivity index (χ1n) is 10.9. The molecule has 1 saturated heterocycles. The van der Waals surface area contributed by atoms with Crippen molar-refractivity contribution in [1.29, 1.82) is 0 Å². The van der Waals surface area contributed by atoms with E-state index in [-0.39, 0.29) is 11.7 Å². The van der Waals surface area contributed by atoms with Crippen molar-refractivity contribution < 1.29 is 14.4 Å². The van der Waals surface area contributed by atoms with Crippen molar-refractivity contribution in [2.24, 2.45) is 0 Å². The van der Waals surface area contributed by atoms with E-state index >= 15 is 0 Å². The first-order valence-corrected chi connectivity index (χ1v) is 11.8. The van der Waals surface area contributed by atoms with Gasteiger partial charge in [-0.05, 0) is 41.1 Å². The van der Waals surface area contributed by atoms with E-state index < -0.39 is 0 Å². The van der Waals surface area contributed by atoms with Gasteiger partial charge in [0.1, 0.15) is 5.75 Å². The van der Waals surface area contributed by atoms with Crippen LogP contribution in [0.1, 0.15) is 27.4 Å². The summed E-state index contributed by atoms with van der Waals surface area (Å²) in [6.07, 6.45) is 0.715. The van der Waals surface area contributed by atoms with E-state index in [1.807, 2.05) is 47.8 Å². The highest BCUT2D eigenvalue weighted by molar-refractivity contribution is 7.13. The van der Waals surface area contributed by atoms with Gasteiger partial charge in [0, 0.05) is 26.2 Å². The molecule has 8 heteroatoms. The number of aromatic nitrogens is 2. The monoisotopic (exact) mass is 460 g/mol. The Morgan fingerprint density at radius 3 is 2.58 bits per heavy atom. The van der Waals surface area contributed by atoms with Gasteiger partial charge < -0.3 is 14.5 Å². The van der Waals surface area contributed by atoms with E-state index in [2.05, 4.69) is 27.2 Å². The molecule has 3 heterocycles. The van der Waals surface area contributed by atoms with Gasteiger partial charge in [-0.25, -0.2) is 0 Å². The van der Waals surface area contributed by atoms with Gasteiger partial charge in [0.15, 0.2) is 0 Å². The zero-order chi connectivity index (χ0) is 22.6. The fraction of sp³-hybridized carbons (Fsp3) is 0.240. The smallest absolute Gasteiger partial charge is 0.257 e. The maximum atomic E-state index is 13.1. The lowest BCUT2D eigenvalue weighted by Gasteiger charge is -2.34. The predicted octanol–water partition coefficient (Wildman–Crippen LogP) is 4.05. The number of hydrogen-bond acceptors (Lipinski definition) is 7. The molecule has 0 bridgehead atoms. The predicted molar refractivity (Wildman–Crippen MR) is 126 cm³/mol. The van der Waals surface area contributed by atoms with Gasteiger partial charge in [0.25, 0.3) is 5.91 Å². The zero-order valence-electron chi connectivity index (χ0n) is 18.1. The summed E-state index contributed by atoms with van der Waals surface area (Å²) in [5.74, 6) is 1.06. The molecule has 168 valence electrons. The molecule has 1 amide bonds. The molecule has 1 N–H and O–H groups in total. The van der Waals surface area contributed by atoms with Gasteiger partial charge in [-0.2, -0.15) is 4.98 Å². The van der Waals surface area contributed by atoms with Crippen LogP contribution in [0.3, 0.4) is 0 Å². The van der Waals surface area contributed by atoms with Crippen molar-refractivity contribution in [3.05, 3.63) is 88.6 Å². The molecule has 1 aliphatic heterocycles. The maximum absolute atomic E-state index is 13.1. The van der Waals surface area contributed by atoms with Crippen LogP contribution in [-0.4, -0.2) is 57.1 Å². The Balaban J connectivity index is 1.19. The number of carbonyl (C=O) groups excluding carboxylic acids is 1. The Hall–Kier alpha value is -3.49. The van der Waals surface area contributed by atoms with Crippen molar-refractivity contribution in [1.82, 2.24) is 19.9 Å². The molecule has 0 aliphatic carbocycles. The van der Waals surface area contributed by atoms with Crippen LogP contribution < -0.4 is 0 Å². The zero-order valence-corrected chi connectivity index (χ0v) is 18.9. The Kier molecular flexibility index (Phi) is 6.19. The summed E-state index contributed by atoms with van der Waals surface area (Å²) in [5.41, 5.74) is 2.52. The second kappa shape index (κ2) is 9.56. The van der Waals surface area contributed by atoms with Crippen LogP contribution >= 0.6 is 11.3 Å². The lowest BCUT2D eigenvalue weighted by atomic mass is 10.0. The van der Waals surface area contributed by atoms with E-state index in [0.29, 0.717) is 56.4 Å². The molecular weight excluding hydrogens is 436 g/mol. The van der Waals surface area contributed by atoms with Crippen LogP contribution in [0, 0.1) is 0 Å². The van der Waals surface area contributed by atoms with E-state index in [0.717, 1.165) is 10.4 Å². The quantitative estimate of drug-likeness (QED) is 0.467. The Bertz CT molecular complexity index is 1220. The van der Waals surface area contributed by atoms with Crippen LogP contribution in [-0.2, 0) is 13.0 Å². The number of benzene rings is 2. The fourth-order valence-corrected chi connectivity index (χ4v) is 4.64. The lowest BCUT2D eigenvalue weighted by Crippen LogP contribution is -2.48. The van der Waals surface area contributed by atoms with Crippen molar-refractivity contribution in [3.8, 4) is 16.5 Å². The second-order valence-electron chi connectivity index (χ2n) is 8.07. The molecule has 0 saturated carbocycles. The molecule has 0 atom stereocenters. The SMILES string of the molecule is O=C(c1cc(Cc2ccccc2)ccc1O)N1CCN(Cc2nc(-c3cccs3)no2)CC1. The van der Waals surface area contributed by atoms with Gasteiger partial charge in [0.05, 0.1) is 17.0 Å². The van der Waals surface area contributed by atoms with Crippen LogP contribution in [0.2, 0.25) is 0 Å². The molecule has 0 radical (unpaired) electrons. The van der Waals surface area contributed by atoms with Crippen LogP contribution in [0.25, 0.3) is 10.7 Å². The number of rotatable bonds is 6. The molecule has 0 unspecified atom stereocenters. The summed E-state index contributed by atoms with van der Waals surface area (Å²) in [6.45, 7) is 3.11. The highest BCUT2D eigenvalue weighted by Gasteiger charge is 2.25. The van der Waals surface area contributed by atoms with Gasteiger partial charge in [-0.1, -0.05) is 47.6 Å². The highest BCUT2D eigenvalue weighted by Crippen LogP contribution is 2.24. The van der Waals surface area contributed by atoms with Gasteiger partial charge in [0.2, 0.25) is 11.7 Å². The van der Waals surface area contributed by atoms with Crippen LogP contribution in [0.5, 0.6) is 5.75 Å². The number of thiophene rings is 1. The lowest BCUT2D eigenvalue weighted by molar-refractivity contribution is 0.0612. The van der Waals surface area contributed by atoms with Crippen molar-refractivity contribution in [3.63, 3.8) is 0 Å². The van der Waals surface area contributed by atoms with Crippen molar-refractivity contribution in [2.45, 2.75) is 13.0 Å². The summed E-state index contributed by atoms with van der Waals surface area (Å²) in [4.78, 5) is 22.6. The first kappa shape index (κ1) is 21.4. The average Bonchev–Trinajstić information content (AvgIpc) is 3.53. The number of amides is 1. The molecule has 5 rings (SSSR count). The second-order valence-corrected chi connectivity index (χ2v) is 9.02. The Morgan fingerprint density at radius 1 is 1.00 bits per heavy atom. The first-order chi connectivity index (χ1) is 16.2. The summed E-state index contributed by atoms with van der Waals surface area (Å²) >= 11 is 1.58. The van der Waals surface area contributed by atoms with Gasteiger partial charge in [-0.15, -0.1) is 11.3 Å². The van der Waals surface area contributed by atoms with Crippen LogP contribution in [0.4, 0.5) is 0 Å². The summed E-state index contributed by atoms with van der Waals surface area (Å²) in [6, 6.07) is 19.3. The third-order valence-corrected chi connectivity index (χ3v) is 6.64. The topological polar surface area (TPSA) is 82.7 Å². The van der Waals surface area contributed by atoms with Gasteiger partial charge in [-0.3, -0.25) is 9.69 Å². The number of carbonyl (C=O) groups is 1. The minimum atomic E-state index is -0.139. The third kappa shape index (κ3) is 4.97. The van der Waals surface area contributed by atoms with Gasteiger partial charge >= 0.3 is 0 Å². The minimum Gasteiger partial charge on any atom is -0.507 e. The molecule has 0 spiro atoms. The Labute approximate surface area is 195 Å². The maximum Gasteiger partial charge on any atom is 0.257 e. The number of phenolic OH excluding ortho intramolecular Hbond substituents is 1. The van der Waals surface area contributed by atoms with E-state index in [9.17, 15) is 9.90 Å². The normalized spacial score (nSPS) is 14.5. The number of nitrogens with zero attached hydrogens (tertiary/aromatic N) is 4. The molecular formula is C25H24N4O3S. The molecule has 1 aliphatic rings. The standard InChI is InChI=1S/C25H24N4O3S/c30-21-9-8-19(15-18-5-2-1-3-6-18)16-20(21)25(31)29-12-10-28(11-13-29)17-23-26-24(27-32-23)22-7-4-14-33-22/h1-9,14,16,30H,10-13,15,17H2. The van der Waals surface area contributed by atoms with E-state index in [4.69, 9.17) is 4.52 Å². The number of hydrogen-bond donors (Lipinski definition) is 1. The summed E-state index contributed by atoms with van der Waals surface area (Å²) in [7, 11) is 0. The molecule has 2 aromatic heterocycles. The molecule has 2 aromatic carbocycles. The van der Waals surface area contributed by atoms with Crippen molar-refractivity contribution in [2.75, 3.05) is 26.2 Å². The Morgan fingerprint density at radius 2 is 1.82 bits per heavy atom. The summed E-state index contributed by atoms with van der Waals surface area (Å²) in [5, 5.41) is 16.4. The number of aromatic hydroxyl groups is 1. The minimum absolute atomic E-state index is 0.0196.